The maximum atomic E-state index is 14.7. The zero-order chi connectivity index (χ0) is 64.9. The monoisotopic (exact) mass is 1340 g/mol. The highest BCUT2D eigenvalue weighted by molar-refractivity contribution is 7.17. The molecule has 3 aliphatic rings. The standard InChI is InChI=1S/C62H79N11O16S.2ClH/c1-4-88-31-34-6-9-36(10-7-34)37-11-15-39(16-12-37)59-70-71-60(90-59)40-17-13-38(14-18-40)54(81)66-43-26-41(75)28-65-58(85)52-53(80)32(2)29-73(52)62(87)51(46(78)20-22-64)69-57(84)50(47(79)24-35-8-19-45(77)48(25-35)89-23-5-21-63)68-56(83)44-27-42(76)30-72(44)61(86)49(33(3)74)67-55(43)82;;/h6-19,25,32-33,41-44,46-47,49-53,74-80H,4-5,20-24,26-31,63-64H2,1-3H3,(H,65,85)(H,66,81)(H,67,82)(H,68,83)(H,69,84);2*1H/t32-,33+,41+,42+,43-,44-,46+,47+,49-,50-,51-,52-,53-;;/m0../s1. The van der Waals surface area contributed by atoms with Gasteiger partial charge < -0.3 is 93.1 Å². The molecule has 4 aromatic carbocycles. The van der Waals surface area contributed by atoms with Crippen molar-refractivity contribution in [2.24, 2.45) is 17.4 Å². The van der Waals surface area contributed by atoms with Gasteiger partial charge in [0.15, 0.2) is 11.5 Å². The molecule has 3 aliphatic heterocycles. The van der Waals surface area contributed by atoms with E-state index in [4.69, 9.17) is 20.9 Å². The van der Waals surface area contributed by atoms with Crippen molar-refractivity contribution in [1.82, 2.24) is 46.6 Å². The number of nitrogens with two attached hydrogens (primary N) is 2. The average Bonchev–Trinajstić information content (AvgIpc) is 1.68. The first-order valence-corrected chi connectivity index (χ1v) is 30.7. The van der Waals surface area contributed by atoms with E-state index in [0.717, 1.165) is 39.0 Å². The molecule has 1 aromatic heterocycles. The minimum Gasteiger partial charge on any atom is -0.504 e. The molecule has 0 spiro atoms. The van der Waals surface area contributed by atoms with Crippen LogP contribution in [0.1, 0.15) is 67.9 Å². The number of carbonyl (C=O) groups is 7. The summed E-state index contributed by atoms with van der Waals surface area (Å²) < 4.78 is 11.2. The minimum atomic E-state index is -2.04. The van der Waals surface area contributed by atoms with E-state index in [2.05, 4.69) is 36.8 Å². The van der Waals surface area contributed by atoms with Crippen molar-refractivity contribution in [3.63, 3.8) is 0 Å². The zero-order valence-electron chi connectivity index (χ0n) is 50.8. The Labute approximate surface area is 547 Å². The third-order valence-corrected chi connectivity index (χ3v) is 17.0. The topological polar surface area (TPSA) is 424 Å². The van der Waals surface area contributed by atoms with Gasteiger partial charge in [0, 0.05) is 68.1 Å². The molecular formula is C62H81Cl2N11O16S. The number of nitrogens with zero attached hydrogens (tertiary/aromatic N) is 4. The molecule has 0 bridgehead atoms. The Morgan fingerprint density at radius 1 is 0.707 bits per heavy atom. The molecule has 30 heteroatoms. The largest absolute Gasteiger partial charge is 0.504 e. The van der Waals surface area contributed by atoms with Crippen LogP contribution < -0.4 is 42.8 Å². The quantitative estimate of drug-likeness (QED) is 0.0470. The number of ether oxygens (including phenoxy) is 2. The molecule has 0 radical (unpaired) electrons. The first-order valence-electron chi connectivity index (χ1n) is 29.8. The average molecular weight is 1340 g/mol. The smallest absolute Gasteiger partial charge is 0.251 e. The molecule has 7 amide bonds. The molecule has 0 unspecified atom stereocenters. The Kier molecular flexibility index (Phi) is 27.1. The van der Waals surface area contributed by atoms with Crippen LogP contribution in [0.2, 0.25) is 0 Å². The summed E-state index contributed by atoms with van der Waals surface area (Å²) in [5.41, 5.74) is 16.3. The number of benzene rings is 4. The Balaban J connectivity index is 0.00000672. The first-order chi connectivity index (χ1) is 43.1. The molecular weight excluding hydrogens is 1260 g/mol. The summed E-state index contributed by atoms with van der Waals surface area (Å²) in [4.78, 5) is 103. The number of hydrogen-bond acceptors (Lipinski definition) is 21. The Morgan fingerprint density at radius 3 is 1.91 bits per heavy atom. The van der Waals surface area contributed by atoms with Gasteiger partial charge in [0.05, 0.1) is 49.8 Å². The van der Waals surface area contributed by atoms with Crippen LogP contribution in [0.15, 0.2) is 91.0 Å². The van der Waals surface area contributed by atoms with Crippen molar-refractivity contribution in [2.45, 2.75) is 132 Å². The second-order valence-corrected chi connectivity index (χ2v) is 23.7. The van der Waals surface area contributed by atoms with Crippen LogP contribution in [0.4, 0.5) is 0 Å². The third-order valence-electron chi connectivity index (χ3n) is 16.0. The van der Waals surface area contributed by atoms with Crippen molar-refractivity contribution in [3.8, 4) is 43.8 Å². The summed E-state index contributed by atoms with van der Waals surface area (Å²) in [6.07, 6.45) is -11.4. The van der Waals surface area contributed by atoms with Gasteiger partial charge in [-0.05, 0) is 86.3 Å². The van der Waals surface area contributed by atoms with E-state index in [9.17, 15) is 69.3 Å². The molecule has 3 saturated heterocycles. The molecule has 500 valence electrons. The predicted molar refractivity (Wildman–Crippen MR) is 342 cm³/mol. The normalized spacial score (nSPS) is 24.4. The lowest BCUT2D eigenvalue weighted by Crippen LogP contribution is -2.64. The van der Waals surface area contributed by atoms with Crippen LogP contribution in [0.5, 0.6) is 11.5 Å². The van der Waals surface area contributed by atoms with Gasteiger partial charge in [0.2, 0.25) is 35.4 Å². The number of aliphatic hydroxyl groups is 6. The van der Waals surface area contributed by atoms with Gasteiger partial charge in [0.25, 0.3) is 5.91 Å². The molecule has 8 rings (SSSR count). The van der Waals surface area contributed by atoms with Gasteiger partial charge in [-0.15, -0.1) is 35.0 Å². The molecule has 92 heavy (non-hydrogen) atoms. The number of phenols is 1. The van der Waals surface area contributed by atoms with Crippen LogP contribution in [0, 0.1) is 5.92 Å². The fourth-order valence-electron chi connectivity index (χ4n) is 11.0. The highest BCUT2D eigenvalue weighted by atomic mass is 35.5. The van der Waals surface area contributed by atoms with Gasteiger partial charge in [-0.2, -0.15) is 0 Å². The maximum Gasteiger partial charge on any atom is 0.251 e. The summed E-state index contributed by atoms with van der Waals surface area (Å²) in [6.45, 7) is 4.49. The summed E-state index contributed by atoms with van der Waals surface area (Å²) >= 11 is 1.32. The lowest BCUT2D eigenvalue weighted by Gasteiger charge is -2.34. The van der Waals surface area contributed by atoms with E-state index in [-0.39, 0.29) is 80.1 Å². The third kappa shape index (κ3) is 18.2. The summed E-state index contributed by atoms with van der Waals surface area (Å²) in [5.74, 6) is -8.60. The Bertz CT molecular complexity index is 3320. The van der Waals surface area contributed by atoms with Gasteiger partial charge in [-0.1, -0.05) is 85.0 Å². The Hall–Kier alpha value is -7.45. The number of nitrogens with one attached hydrogen (secondary N) is 5. The molecule has 0 saturated carbocycles. The number of aliphatic hydroxyl groups excluding tert-OH is 6. The van der Waals surface area contributed by atoms with E-state index < -0.39 is 152 Å². The lowest BCUT2D eigenvalue weighted by molar-refractivity contribution is -0.147. The minimum absolute atomic E-state index is 0. The van der Waals surface area contributed by atoms with E-state index in [0.29, 0.717) is 35.2 Å². The first kappa shape index (κ1) is 73.6. The number of fused-ring (bicyclic) bond motifs is 2. The predicted octanol–water partition coefficient (Wildman–Crippen LogP) is -0.350. The van der Waals surface area contributed by atoms with Crippen molar-refractivity contribution < 1.29 is 78.8 Å². The van der Waals surface area contributed by atoms with Gasteiger partial charge >= 0.3 is 0 Å². The number of aromatic nitrogens is 2. The summed E-state index contributed by atoms with van der Waals surface area (Å²) in [7, 11) is 0. The highest BCUT2D eigenvalue weighted by Gasteiger charge is 2.50. The molecule has 27 nitrogen and oxygen atoms in total. The lowest BCUT2D eigenvalue weighted by atomic mass is 9.98. The van der Waals surface area contributed by atoms with Gasteiger partial charge in [0.1, 0.15) is 46.3 Å². The fraction of sp³-hybridized carbons (Fsp3) is 0.468. The van der Waals surface area contributed by atoms with Crippen LogP contribution in [0.3, 0.4) is 0 Å². The SMILES string of the molecule is CCOCc1ccc(-c2ccc(-c3nnc(-c4ccc(C(=O)N[C@H]5C[C@@H](O)CNC(=O)[C@@H]6[C@@H](O)[C@@H](C)CN6C(=O)[C@H]([C@H](O)CCN)NC(=O)[C@H]([C@H](O)Cc6ccc(O)c(OCCCN)c6)NC(=O)[C@@H]6C[C@@H](O)CN6C(=O)[C@H]([C@@H](C)O)NC5=O)cc4)s3)cc2)cc1.Cl.Cl. The summed E-state index contributed by atoms with van der Waals surface area (Å²) in [6, 6.07) is 15.2. The van der Waals surface area contributed by atoms with Gasteiger partial charge in [-0.25, -0.2) is 0 Å². The number of rotatable bonds is 19. The van der Waals surface area contributed by atoms with Crippen LogP contribution in [0.25, 0.3) is 32.3 Å². The Morgan fingerprint density at radius 2 is 1.29 bits per heavy atom. The van der Waals surface area contributed by atoms with Crippen molar-refractivity contribution in [3.05, 3.63) is 108 Å². The second-order valence-electron chi connectivity index (χ2n) is 22.8. The van der Waals surface area contributed by atoms with Gasteiger partial charge in [-0.3, -0.25) is 33.6 Å². The number of amides is 7. The van der Waals surface area contributed by atoms with Crippen LogP contribution in [-0.2, 0) is 46.5 Å². The van der Waals surface area contributed by atoms with E-state index in [1.54, 1.807) is 12.1 Å². The van der Waals surface area contributed by atoms with Crippen molar-refractivity contribution >= 4 is 77.5 Å². The van der Waals surface area contributed by atoms with E-state index in [1.165, 1.54) is 48.6 Å². The van der Waals surface area contributed by atoms with Crippen LogP contribution in [-0.4, -0.2) is 216 Å². The van der Waals surface area contributed by atoms with Crippen molar-refractivity contribution in [2.75, 3.05) is 45.9 Å². The number of aromatic hydroxyl groups is 1. The number of carbonyl (C=O) groups excluding carboxylic acids is 7. The van der Waals surface area contributed by atoms with E-state index in [1.807, 2.05) is 55.5 Å². The molecule has 16 N–H and O–H groups in total. The maximum absolute atomic E-state index is 14.7. The molecule has 0 aliphatic carbocycles. The molecule has 13 atom stereocenters. The fourth-order valence-corrected chi connectivity index (χ4v) is 11.8. The zero-order valence-corrected chi connectivity index (χ0v) is 53.3. The van der Waals surface area contributed by atoms with Crippen molar-refractivity contribution in [1.29, 1.82) is 0 Å². The molecule has 3 fully saturated rings. The number of β-amino-alcohol motifs (C(OH)–C–C–N with tert-alkyl or cyclic N) is 1. The van der Waals surface area contributed by atoms with Crippen LogP contribution >= 0.6 is 36.2 Å². The number of phenolic OH excluding ortho intramolecular Hbond substituents is 1. The van der Waals surface area contributed by atoms with E-state index >= 15 is 0 Å². The number of hydrogen-bond donors (Lipinski definition) is 14. The molecule has 4 heterocycles. The highest BCUT2D eigenvalue weighted by Crippen LogP contribution is 2.33. The number of halogens is 2. The summed E-state index contributed by atoms with van der Waals surface area (Å²) in [5, 5.41) is 101. The second kappa shape index (κ2) is 33.9. The molecule has 5 aromatic rings.